The van der Waals surface area contributed by atoms with Crippen LogP contribution in [0.5, 0.6) is 0 Å². The third kappa shape index (κ3) is 2.57. The lowest BCUT2D eigenvalue weighted by atomic mass is 10.4. The van der Waals surface area contributed by atoms with Gasteiger partial charge in [0.25, 0.3) is 0 Å². The number of thioether (sulfide) groups is 1. The van der Waals surface area contributed by atoms with Gasteiger partial charge >= 0.3 is 0 Å². The highest BCUT2D eigenvalue weighted by molar-refractivity contribution is 7.99. The van der Waals surface area contributed by atoms with Gasteiger partial charge < -0.3 is 10.3 Å². The van der Waals surface area contributed by atoms with Gasteiger partial charge in [-0.05, 0) is 19.3 Å². The number of hydrogen-bond acceptors (Lipinski definition) is 4. The summed E-state index contributed by atoms with van der Waals surface area (Å²) in [6.45, 7) is 0.467. The Morgan fingerprint density at radius 1 is 1.50 bits per heavy atom. The normalized spacial score (nSPS) is 15.0. The summed E-state index contributed by atoms with van der Waals surface area (Å²) >= 11 is 1.73. The van der Waals surface area contributed by atoms with Crippen LogP contribution < -0.4 is 5.73 Å². The van der Waals surface area contributed by atoms with Gasteiger partial charge in [-0.25, -0.2) is 0 Å². The number of nitrogens with zero attached hydrogens (tertiary/aromatic N) is 3. The molecule has 1 aliphatic rings. The molecule has 1 heterocycles. The van der Waals surface area contributed by atoms with Crippen molar-refractivity contribution in [3.05, 3.63) is 5.82 Å². The molecule has 0 amide bonds. The van der Waals surface area contributed by atoms with E-state index >= 15 is 0 Å². The van der Waals surface area contributed by atoms with Crippen LogP contribution >= 0.6 is 11.8 Å². The zero-order chi connectivity index (χ0) is 11.4. The Kier molecular flexibility index (Phi) is 3.86. The second-order valence-corrected chi connectivity index (χ2v) is 4.92. The SMILES string of the molecule is C#CCCCSc1nnc(CN)n1C1CC1. The highest BCUT2D eigenvalue weighted by Gasteiger charge is 2.28. The van der Waals surface area contributed by atoms with Gasteiger partial charge in [-0.15, -0.1) is 22.5 Å². The van der Waals surface area contributed by atoms with Crippen LogP contribution in [0.25, 0.3) is 0 Å². The van der Waals surface area contributed by atoms with Crippen molar-refractivity contribution in [2.24, 2.45) is 5.73 Å². The predicted molar refractivity (Wildman–Crippen MR) is 65.0 cm³/mol. The van der Waals surface area contributed by atoms with E-state index in [4.69, 9.17) is 12.2 Å². The van der Waals surface area contributed by atoms with Crippen molar-refractivity contribution in [2.45, 2.75) is 43.4 Å². The molecule has 1 fully saturated rings. The third-order valence-corrected chi connectivity index (χ3v) is 3.56. The lowest BCUT2D eigenvalue weighted by molar-refractivity contribution is 0.626. The van der Waals surface area contributed by atoms with E-state index in [1.807, 2.05) is 0 Å². The van der Waals surface area contributed by atoms with Gasteiger partial charge in [0.1, 0.15) is 5.82 Å². The van der Waals surface area contributed by atoms with Gasteiger partial charge in [0.05, 0.1) is 6.54 Å². The number of terminal acetylenes is 1. The number of nitrogens with two attached hydrogens (primary N) is 1. The molecule has 86 valence electrons. The van der Waals surface area contributed by atoms with Gasteiger partial charge in [0, 0.05) is 18.2 Å². The summed E-state index contributed by atoms with van der Waals surface area (Å²) in [7, 11) is 0. The molecule has 4 nitrogen and oxygen atoms in total. The minimum atomic E-state index is 0.467. The number of aromatic nitrogens is 3. The smallest absolute Gasteiger partial charge is 0.191 e. The van der Waals surface area contributed by atoms with Crippen LogP contribution in [-0.4, -0.2) is 20.5 Å². The zero-order valence-electron chi connectivity index (χ0n) is 9.22. The van der Waals surface area contributed by atoms with E-state index in [2.05, 4.69) is 20.7 Å². The molecule has 1 aliphatic carbocycles. The second-order valence-electron chi connectivity index (χ2n) is 3.86. The Labute approximate surface area is 100.0 Å². The summed E-state index contributed by atoms with van der Waals surface area (Å²) in [6.07, 6.45) is 9.52. The second kappa shape index (κ2) is 5.37. The van der Waals surface area contributed by atoms with E-state index in [0.717, 1.165) is 29.6 Å². The Balaban J connectivity index is 1.97. The van der Waals surface area contributed by atoms with Crippen LogP contribution in [0.2, 0.25) is 0 Å². The van der Waals surface area contributed by atoms with Crippen molar-refractivity contribution in [1.82, 2.24) is 14.8 Å². The summed E-state index contributed by atoms with van der Waals surface area (Å²) in [5, 5.41) is 9.31. The predicted octanol–water partition coefficient (Wildman–Crippen LogP) is 1.58. The molecular weight excluding hydrogens is 220 g/mol. The first kappa shape index (κ1) is 11.5. The van der Waals surface area contributed by atoms with Crippen molar-refractivity contribution >= 4 is 11.8 Å². The first-order valence-corrected chi connectivity index (χ1v) is 6.55. The Hall–Kier alpha value is -0.990. The molecule has 0 spiro atoms. The van der Waals surface area contributed by atoms with Crippen LogP contribution in [0.3, 0.4) is 0 Å². The third-order valence-electron chi connectivity index (χ3n) is 2.53. The van der Waals surface area contributed by atoms with Gasteiger partial charge in [0.15, 0.2) is 5.16 Å². The molecule has 0 bridgehead atoms. The molecular formula is C11H16N4S. The molecule has 0 atom stereocenters. The average Bonchev–Trinajstić information content (AvgIpc) is 3.06. The Morgan fingerprint density at radius 3 is 2.94 bits per heavy atom. The Bertz CT molecular complexity index is 389. The largest absolute Gasteiger partial charge is 0.324 e. The van der Waals surface area contributed by atoms with Crippen LogP contribution in [0.1, 0.15) is 37.5 Å². The fourth-order valence-electron chi connectivity index (χ4n) is 1.58. The zero-order valence-corrected chi connectivity index (χ0v) is 10.0. The standard InChI is InChI=1S/C11H16N4S/c1-2-3-4-7-16-11-14-13-10(8-12)15(11)9-5-6-9/h1,9H,3-8,12H2. The van der Waals surface area contributed by atoms with Gasteiger partial charge in [-0.3, -0.25) is 0 Å². The molecule has 0 radical (unpaired) electrons. The van der Waals surface area contributed by atoms with E-state index in [0.29, 0.717) is 12.6 Å². The molecule has 1 aromatic rings. The molecule has 1 aromatic heterocycles. The highest BCUT2D eigenvalue weighted by Crippen LogP contribution is 2.38. The van der Waals surface area contributed by atoms with Gasteiger partial charge in [0.2, 0.25) is 0 Å². The summed E-state index contributed by atoms with van der Waals surface area (Å²) in [4.78, 5) is 0. The molecule has 5 heteroatoms. The van der Waals surface area contributed by atoms with Gasteiger partial charge in [-0.2, -0.15) is 0 Å². The van der Waals surface area contributed by atoms with Gasteiger partial charge in [-0.1, -0.05) is 11.8 Å². The molecule has 1 saturated carbocycles. The van der Waals surface area contributed by atoms with Crippen molar-refractivity contribution in [2.75, 3.05) is 5.75 Å². The van der Waals surface area contributed by atoms with E-state index in [1.54, 1.807) is 11.8 Å². The highest BCUT2D eigenvalue weighted by atomic mass is 32.2. The summed E-state index contributed by atoms with van der Waals surface area (Å²) in [6, 6.07) is 0.587. The van der Waals surface area contributed by atoms with Crippen LogP contribution in [0, 0.1) is 12.3 Å². The molecule has 2 rings (SSSR count). The molecule has 0 aromatic carbocycles. The maximum atomic E-state index is 5.65. The van der Waals surface area contributed by atoms with Crippen molar-refractivity contribution in [1.29, 1.82) is 0 Å². The van der Waals surface area contributed by atoms with E-state index in [-0.39, 0.29) is 0 Å². The van der Waals surface area contributed by atoms with Crippen LogP contribution in [0.4, 0.5) is 0 Å². The first-order valence-electron chi connectivity index (χ1n) is 5.57. The maximum Gasteiger partial charge on any atom is 0.191 e. The number of rotatable bonds is 6. The topological polar surface area (TPSA) is 56.7 Å². The van der Waals surface area contributed by atoms with Crippen molar-refractivity contribution < 1.29 is 0 Å². The lowest BCUT2D eigenvalue weighted by Gasteiger charge is -2.06. The molecule has 0 unspecified atom stereocenters. The summed E-state index contributed by atoms with van der Waals surface area (Å²) in [5.41, 5.74) is 5.65. The van der Waals surface area contributed by atoms with E-state index < -0.39 is 0 Å². The lowest BCUT2D eigenvalue weighted by Crippen LogP contribution is -2.08. The minimum Gasteiger partial charge on any atom is -0.324 e. The molecule has 16 heavy (non-hydrogen) atoms. The fraction of sp³-hybridized carbons (Fsp3) is 0.636. The molecule has 2 N–H and O–H groups in total. The number of unbranched alkanes of at least 4 members (excludes halogenated alkanes) is 1. The minimum absolute atomic E-state index is 0.467. The monoisotopic (exact) mass is 236 g/mol. The first-order chi connectivity index (χ1) is 7.86. The van der Waals surface area contributed by atoms with Crippen LogP contribution in [0.15, 0.2) is 5.16 Å². The fourth-order valence-corrected chi connectivity index (χ4v) is 2.55. The van der Waals surface area contributed by atoms with Crippen molar-refractivity contribution in [3.63, 3.8) is 0 Å². The van der Waals surface area contributed by atoms with E-state index in [9.17, 15) is 0 Å². The van der Waals surface area contributed by atoms with E-state index in [1.165, 1.54) is 12.8 Å². The molecule has 0 aliphatic heterocycles. The van der Waals surface area contributed by atoms with Crippen molar-refractivity contribution in [3.8, 4) is 12.3 Å². The van der Waals surface area contributed by atoms with Crippen LogP contribution in [-0.2, 0) is 6.54 Å². The summed E-state index contributed by atoms with van der Waals surface area (Å²) < 4.78 is 2.19. The average molecular weight is 236 g/mol. The maximum absolute atomic E-state index is 5.65. The summed E-state index contributed by atoms with van der Waals surface area (Å²) in [5.74, 6) is 4.55. The Morgan fingerprint density at radius 2 is 2.31 bits per heavy atom. The number of hydrogen-bond donors (Lipinski definition) is 1. The molecule has 0 saturated heterocycles. The quantitative estimate of drug-likeness (QED) is 0.463.